The number of aromatic nitrogens is 1. The van der Waals surface area contributed by atoms with Crippen LogP contribution in [0, 0.1) is 11.8 Å². The van der Waals surface area contributed by atoms with E-state index in [0.717, 1.165) is 37.3 Å². The first-order chi connectivity index (χ1) is 14.2. The SMILES string of the molecule is CC(C(=O)Nc1ccc(Cl)cc1)C1CCC2(CC1)COc1nc(C(F)(F)F)ccc12. The summed E-state index contributed by atoms with van der Waals surface area (Å²) in [4.78, 5) is 16.3. The van der Waals surface area contributed by atoms with Crippen molar-refractivity contribution >= 4 is 23.2 Å². The molecule has 1 saturated carbocycles. The molecule has 160 valence electrons. The second-order valence-electron chi connectivity index (χ2n) is 8.24. The summed E-state index contributed by atoms with van der Waals surface area (Å²) in [6.07, 6.45) is -1.36. The molecule has 1 unspecified atom stereocenters. The van der Waals surface area contributed by atoms with Crippen molar-refractivity contribution in [2.24, 2.45) is 11.8 Å². The number of amides is 1. The van der Waals surface area contributed by atoms with Gasteiger partial charge < -0.3 is 10.1 Å². The van der Waals surface area contributed by atoms with Crippen LogP contribution >= 0.6 is 11.6 Å². The summed E-state index contributed by atoms with van der Waals surface area (Å²) < 4.78 is 44.3. The summed E-state index contributed by atoms with van der Waals surface area (Å²) in [5, 5.41) is 3.53. The largest absolute Gasteiger partial charge is 0.476 e. The number of carbonyl (C=O) groups excluding carboxylic acids is 1. The molecule has 2 aromatic rings. The Labute approximate surface area is 177 Å². The number of benzene rings is 1. The molecule has 1 aliphatic heterocycles. The summed E-state index contributed by atoms with van der Waals surface area (Å²) in [6.45, 7) is 2.26. The van der Waals surface area contributed by atoms with Crippen molar-refractivity contribution in [3.8, 4) is 5.88 Å². The molecule has 2 aliphatic rings. The lowest BCUT2D eigenvalue weighted by atomic mass is 9.66. The van der Waals surface area contributed by atoms with Gasteiger partial charge in [-0.25, -0.2) is 4.98 Å². The molecule has 1 aliphatic carbocycles. The van der Waals surface area contributed by atoms with Crippen molar-refractivity contribution < 1.29 is 22.7 Å². The van der Waals surface area contributed by atoms with Crippen molar-refractivity contribution in [3.05, 3.63) is 52.7 Å². The summed E-state index contributed by atoms with van der Waals surface area (Å²) in [5.41, 5.74) is 0.217. The van der Waals surface area contributed by atoms with Gasteiger partial charge in [-0.15, -0.1) is 0 Å². The quantitative estimate of drug-likeness (QED) is 0.654. The van der Waals surface area contributed by atoms with Gasteiger partial charge in [-0.1, -0.05) is 24.6 Å². The Kier molecular flexibility index (Phi) is 5.43. The fourth-order valence-electron chi connectivity index (χ4n) is 4.51. The van der Waals surface area contributed by atoms with Crippen molar-refractivity contribution in [3.63, 3.8) is 0 Å². The van der Waals surface area contributed by atoms with E-state index in [4.69, 9.17) is 16.3 Å². The third-order valence-electron chi connectivity index (χ3n) is 6.43. The molecule has 0 radical (unpaired) electrons. The molecule has 0 saturated heterocycles. The summed E-state index contributed by atoms with van der Waals surface area (Å²) in [5.74, 6) is 0.0783. The van der Waals surface area contributed by atoms with E-state index in [1.807, 2.05) is 6.92 Å². The van der Waals surface area contributed by atoms with Crippen LogP contribution in [0.25, 0.3) is 0 Å². The second-order valence-corrected chi connectivity index (χ2v) is 8.67. The Morgan fingerprint density at radius 2 is 1.87 bits per heavy atom. The number of nitrogens with one attached hydrogen (secondary N) is 1. The number of halogens is 4. The summed E-state index contributed by atoms with van der Waals surface area (Å²) >= 11 is 5.88. The van der Waals surface area contributed by atoms with E-state index in [1.165, 1.54) is 6.07 Å². The van der Waals surface area contributed by atoms with E-state index in [-0.39, 0.29) is 29.0 Å². The van der Waals surface area contributed by atoms with Crippen molar-refractivity contribution in [1.29, 1.82) is 0 Å². The highest BCUT2D eigenvalue weighted by Gasteiger charge is 2.46. The van der Waals surface area contributed by atoms with Crippen molar-refractivity contribution in [2.75, 3.05) is 11.9 Å². The number of anilines is 1. The van der Waals surface area contributed by atoms with Crippen LogP contribution in [0.5, 0.6) is 5.88 Å². The molecule has 1 spiro atoms. The highest BCUT2D eigenvalue weighted by Crippen LogP contribution is 2.50. The highest BCUT2D eigenvalue weighted by molar-refractivity contribution is 6.30. The molecule has 4 rings (SSSR count). The molecule has 1 amide bonds. The number of nitrogens with zero attached hydrogens (tertiary/aromatic N) is 1. The minimum atomic E-state index is -4.49. The minimum Gasteiger partial charge on any atom is -0.476 e. The number of hydrogen-bond donors (Lipinski definition) is 1. The van der Waals surface area contributed by atoms with Gasteiger partial charge in [0.05, 0.1) is 6.61 Å². The fraction of sp³-hybridized carbons (Fsp3) is 0.455. The number of ether oxygens (including phenoxy) is 1. The highest BCUT2D eigenvalue weighted by atomic mass is 35.5. The van der Waals surface area contributed by atoms with E-state index in [1.54, 1.807) is 24.3 Å². The maximum absolute atomic E-state index is 12.9. The van der Waals surface area contributed by atoms with E-state index < -0.39 is 11.9 Å². The normalized spacial score (nSPS) is 24.2. The van der Waals surface area contributed by atoms with Gasteiger partial charge >= 0.3 is 6.18 Å². The van der Waals surface area contributed by atoms with E-state index in [2.05, 4.69) is 10.3 Å². The van der Waals surface area contributed by atoms with Crippen LogP contribution in [0.2, 0.25) is 5.02 Å². The van der Waals surface area contributed by atoms with Crippen LogP contribution in [0.1, 0.15) is 43.9 Å². The van der Waals surface area contributed by atoms with Crippen LogP contribution < -0.4 is 10.1 Å². The number of alkyl halides is 3. The van der Waals surface area contributed by atoms with Gasteiger partial charge in [0.25, 0.3) is 0 Å². The third kappa shape index (κ3) is 4.00. The number of hydrogen-bond acceptors (Lipinski definition) is 3. The van der Waals surface area contributed by atoms with Gasteiger partial charge in [0.1, 0.15) is 5.69 Å². The Bertz CT molecular complexity index is 938. The van der Waals surface area contributed by atoms with Gasteiger partial charge in [-0.2, -0.15) is 13.2 Å². The van der Waals surface area contributed by atoms with Gasteiger partial charge in [0.15, 0.2) is 0 Å². The zero-order chi connectivity index (χ0) is 21.5. The molecular formula is C22H22ClF3N2O2. The molecule has 1 aromatic heterocycles. The van der Waals surface area contributed by atoms with Crippen LogP contribution in [-0.2, 0) is 16.4 Å². The van der Waals surface area contributed by atoms with Gasteiger partial charge in [-0.3, -0.25) is 4.79 Å². The molecule has 1 aromatic carbocycles. The standard InChI is InChI=1S/C22H22ClF3N2O2/c1-13(19(29)27-16-4-2-15(23)3-5-16)14-8-10-21(11-9-14)12-30-20-17(21)6-7-18(28-20)22(24,25)26/h2-7,13-14H,8-12H2,1H3,(H,27,29). The first-order valence-electron chi connectivity index (χ1n) is 9.96. The van der Waals surface area contributed by atoms with E-state index >= 15 is 0 Å². The predicted octanol–water partition coefficient (Wildman–Crippen LogP) is 5.85. The van der Waals surface area contributed by atoms with E-state index in [0.29, 0.717) is 17.3 Å². The van der Waals surface area contributed by atoms with Crippen molar-refractivity contribution in [1.82, 2.24) is 4.98 Å². The summed E-state index contributed by atoms with van der Waals surface area (Å²) in [7, 11) is 0. The molecule has 30 heavy (non-hydrogen) atoms. The Balaban J connectivity index is 1.41. The van der Waals surface area contributed by atoms with Crippen LogP contribution in [0.3, 0.4) is 0 Å². The lowest BCUT2D eigenvalue weighted by Crippen LogP contribution is -2.37. The average molecular weight is 439 g/mol. The Morgan fingerprint density at radius 3 is 2.50 bits per heavy atom. The first kappa shape index (κ1) is 21.0. The molecule has 2 heterocycles. The smallest absolute Gasteiger partial charge is 0.433 e. The molecule has 8 heteroatoms. The van der Waals surface area contributed by atoms with E-state index in [9.17, 15) is 18.0 Å². The van der Waals surface area contributed by atoms with Crippen LogP contribution in [-0.4, -0.2) is 17.5 Å². The zero-order valence-corrected chi connectivity index (χ0v) is 17.2. The molecule has 1 N–H and O–H groups in total. The Morgan fingerprint density at radius 1 is 1.20 bits per heavy atom. The fourth-order valence-corrected chi connectivity index (χ4v) is 4.63. The maximum Gasteiger partial charge on any atom is 0.433 e. The van der Waals surface area contributed by atoms with Gasteiger partial charge in [0, 0.05) is 27.6 Å². The molecular weight excluding hydrogens is 417 g/mol. The number of carbonyl (C=O) groups is 1. The second kappa shape index (κ2) is 7.76. The number of pyridine rings is 1. The number of fused-ring (bicyclic) bond motifs is 2. The topological polar surface area (TPSA) is 51.2 Å². The van der Waals surface area contributed by atoms with Gasteiger partial charge in [-0.05, 0) is 61.9 Å². The first-order valence-corrected chi connectivity index (χ1v) is 10.3. The molecule has 1 fully saturated rings. The monoisotopic (exact) mass is 438 g/mol. The summed E-state index contributed by atoms with van der Waals surface area (Å²) in [6, 6.07) is 9.51. The maximum atomic E-state index is 12.9. The minimum absolute atomic E-state index is 0.0437. The third-order valence-corrected chi connectivity index (χ3v) is 6.68. The zero-order valence-electron chi connectivity index (χ0n) is 16.4. The van der Waals surface area contributed by atoms with Crippen LogP contribution in [0.15, 0.2) is 36.4 Å². The average Bonchev–Trinajstić information content (AvgIpc) is 3.07. The molecule has 4 nitrogen and oxygen atoms in total. The number of rotatable bonds is 3. The predicted molar refractivity (Wildman–Crippen MR) is 108 cm³/mol. The van der Waals surface area contributed by atoms with Gasteiger partial charge in [0.2, 0.25) is 11.8 Å². The Hall–Kier alpha value is -2.28. The lowest BCUT2D eigenvalue weighted by molar-refractivity contribution is -0.141. The molecule has 0 bridgehead atoms. The van der Waals surface area contributed by atoms with Crippen LogP contribution in [0.4, 0.5) is 18.9 Å². The lowest BCUT2D eigenvalue weighted by Gasteiger charge is -2.38. The van der Waals surface area contributed by atoms with Crippen molar-refractivity contribution in [2.45, 2.75) is 44.2 Å². The molecule has 1 atom stereocenters.